The molecular formula is C16H13BrN2OS. The number of imidazole rings is 1. The quantitative estimate of drug-likeness (QED) is 0.513. The predicted molar refractivity (Wildman–Crippen MR) is 92.9 cm³/mol. The second-order valence-corrected chi connectivity index (χ2v) is 5.56. The van der Waals surface area contributed by atoms with Crippen molar-refractivity contribution in [2.24, 2.45) is 0 Å². The normalized spacial score (nSPS) is 10.7. The van der Waals surface area contributed by atoms with Crippen molar-refractivity contribution >= 4 is 43.5 Å². The highest BCUT2D eigenvalue weighted by Crippen LogP contribution is 2.32. The molecule has 2 aromatic carbocycles. The maximum atomic E-state index is 5.41. The van der Waals surface area contributed by atoms with Crippen LogP contribution in [0.15, 0.2) is 54.7 Å². The minimum Gasteiger partial charge on any atom is -0.496 e. The Kier molecular flexibility index (Phi) is 3.69. The van der Waals surface area contributed by atoms with Gasteiger partial charge in [0.05, 0.1) is 23.0 Å². The molecule has 0 bridgehead atoms. The summed E-state index contributed by atoms with van der Waals surface area (Å²) < 4.78 is 8.81. The molecule has 0 spiro atoms. The number of hydrogen-bond donors (Lipinski definition) is 0. The van der Waals surface area contributed by atoms with Gasteiger partial charge in [0.25, 0.3) is 0 Å². The first-order chi connectivity index (χ1) is 9.86. The molecule has 0 fully saturated rings. The van der Waals surface area contributed by atoms with Gasteiger partial charge in [-0.25, -0.2) is 4.98 Å². The van der Waals surface area contributed by atoms with Crippen molar-refractivity contribution in [2.45, 2.75) is 0 Å². The number of benzene rings is 2. The minimum absolute atomic E-state index is 0. The van der Waals surface area contributed by atoms with Crippen LogP contribution in [-0.2, 0) is 0 Å². The third kappa shape index (κ3) is 2.22. The number of thiazole rings is 1. The summed E-state index contributed by atoms with van der Waals surface area (Å²) in [6, 6.07) is 16.3. The van der Waals surface area contributed by atoms with Crippen molar-refractivity contribution in [2.75, 3.05) is 7.11 Å². The van der Waals surface area contributed by atoms with Gasteiger partial charge in [-0.1, -0.05) is 35.6 Å². The monoisotopic (exact) mass is 360 g/mol. The van der Waals surface area contributed by atoms with E-state index < -0.39 is 0 Å². The van der Waals surface area contributed by atoms with Crippen LogP contribution < -0.4 is 4.74 Å². The Labute approximate surface area is 136 Å². The first-order valence-electron chi connectivity index (χ1n) is 6.37. The van der Waals surface area contributed by atoms with Gasteiger partial charge in [0.2, 0.25) is 0 Å². The van der Waals surface area contributed by atoms with Crippen molar-refractivity contribution in [1.82, 2.24) is 9.38 Å². The zero-order chi connectivity index (χ0) is 13.5. The average molecular weight is 361 g/mol. The van der Waals surface area contributed by atoms with E-state index in [4.69, 9.17) is 9.72 Å². The summed E-state index contributed by atoms with van der Waals surface area (Å²) in [7, 11) is 1.69. The Morgan fingerprint density at radius 2 is 1.81 bits per heavy atom. The highest BCUT2D eigenvalue weighted by atomic mass is 79.9. The number of para-hydroxylation sites is 2. The molecular weight excluding hydrogens is 348 g/mol. The molecule has 0 aliphatic rings. The minimum atomic E-state index is 0. The third-order valence-corrected chi connectivity index (χ3v) is 4.42. The van der Waals surface area contributed by atoms with Crippen LogP contribution in [0.25, 0.3) is 26.4 Å². The van der Waals surface area contributed by atoms with Crippen LogP contribution >= 0.6 is 28.3 Å². The van der Waals surface area contributed by atoms with E-state index >= 15 is 0 Å². The molecule has 5 heteroatoms. The van der Waals surface area contributed by atoms with Crippen LogP contribution in [-0.4, -0.2) is 16.5 Å². The maximum absolute atomic E-state index is 5.41. The Morgan fingerprint density at radius 3 is 2.67 bits per heavy atom. The lowest BCUT2D eigenvalue weighted by Crippen LogP contribution is -1.87. The van der Waals surface area contributed by atoms with Crippen molar-refractivity contribution in [1.29, 1.82) is 0 Å². The van der Waals surface area contributed by atoms with Crippen LogP contribution in [0.2, 0.25) is 0 Å². The van der Waals surface area contributed by atoms with Crippen LogP contribution in [0.1, 0.15) is 0 Å². The summed E-state index contributed by atoms with van der Waals surface area (Å²) in [4.78, 5) is 5.74. The van der Waals surface area contributed by atoms with Gasteiger partial charge in [-0.05, 0) is 24.3 Å². The SMILES string of the molecule is Br.COc1ccccc1-c1cn2c(n1)sc1ccccc12. The molecule has 0 saturated heterocycles. The van der Waals surface area contributed by atoms with Gasteiger partial charge >= 0.3 is 0 Å². The van der Waals surface area contributed by atoms with Crippen LogP contribution in [0.3, 0.4) is 0 Å². The predicted octanol–water partition coefficient (Wildman–Crippen LogP) is 4.80. The van der Waals surface area contributed by atoms with E-state index in [-0.39, 0.29) is 17.0 Å². The van der Waals surface area contributed by atoms with Gasteiger partial charge in [-0.15, -0.1) is 17.0 Å². The number of hydrogen-bond acceptors (Lipinski definition) is 3. The first-order valence-corrected chi connectivity index (χ1v) is 7.18. The number of rotatable bonds is 2. The smallest absolute Gasteiger partial charge is 0.195 e. The van der Waals surface area contributed by atoms with E-state index in [1.54, 1.807) is 18.4 Å². The molecule has 21 heavy (non-hydrogen) atoms. The number of methoxy groups -OCH3 is 1. The summed E-state index contributed by atoms with van der Waals surface area (Å²) >= 11 is 1.70. The van der Waals surface area contributed by atoms with E-state index in [1.165, 1.54) is 10.2 Å². The Hall–Kier alpha value is -1.85. The second kappa shape index (κ2) is 5.50. The van der Waals surface area contributed by atoms with E-state index in [0.29, 0.717) is 0 Å². The molecule has 4 aromatic rings. The van der Waals surface area contributed by atoms with Crippen LogP contribution in [0.4, 0.5) is 0 Å². The lowest BCUT2D eigenvalue weighted by atomic mass is 10.1. The fraction of sp³-hybridized carbons (Fsp3) is 0.0625. The summed E-state index contributed by atoms with van der Waals surface area (Å²) in [6.07, 6.45) is 2.08. The molecule has 0 N–H and O–H groups in total. The topological polar surface area (TPSA) is 26.5 Å². The van der Waals surface area contributed by atoms with Gasteiger partial charge < -0.3 is 4.74 Å². The molecule has 0 aliphatic carbocycles. The Morgan fingerprint density at radius 1 is 1.05 bits per heavy atom. The zero-order valence-electron chi connectivity index (χ0n) is 11.3. The summed E-state index contributed by atoms with van der Waals surface area (Å²) in [5.41, 5.74) is 3.16. The van der Waals surface area contributed by atoms with E-state index in [2.05, 4.69) is 34.9 Å². The molecule has 106 valence electrons. The van der Waals surface area contributed by atoms with Crippen LogP contribution in [0.5, 0.6) is 5.75 Å². The zero-order valence-corrected chi connectivity index (χ0v) is 13.8. The molecule has 0 aliphatic heterocycles. The number of nitrogens with zero attached hydrogens (tertiary/aromatic N) is 2. The van der Waals surface area contributed by atoms with Crippen molar-refractivity contribution in [3.05, 3.63) is 54.7 Å². The molecule has 0 saturated carbocycles. The van der Waals surface area contributed by atoms with E-state index in [9.17, 15) is 0 Å². The number of ether oxygens (including phenoxy) is 1. The molecule has 2 heterocycles. The van der Waals surface area contributed by atoms with Crippen molar-refractivity contribution < 1.29 is 4.74 Å². The first kappa shape index (κ1) is 14.1. The number of halogens is 1. The average Bonchev–Trinajstić information content (AvgIpc) is 3.04. The molecule has 0 amide bonds. The summed E-state index contributed by atoms with van der Waals surface area (Å²) in [5.74, 6) is 0.850. The highest BCUT2D eigenvalue weighted by molar-refractivity contribution is 8.93. The lowest BCUT2D eigenvalue weighted by molar-refractivity contribution is 0.416. The molecule has 0 atom stereocenters. The fourth-order valence-electron chi connectivity index (χ4n) is 2.43. The van der Waals surface area contributed by atoms with Gasteiger partial charge in [0.15, 0.2) is 4.96 Å². The molecule has 0 unspecified atom stereocenters. The molecule has 3 nitrogen and oxygen atoms in total. The Bertz CT molecular complexity index is 913. The number of aromatic nitrogens is 2. The van der Waals surface area contributed by atoms with Crippen molar-refractivity contribution in [3.8, 4) is 17.0 Å². The van der Waals surface area contributed by atoms with E-state index in [0.717, 1.165) is 22.0 Å². The highest BCUT2D eigenvalue weighted by Gasteiger charge is 2.12. The summed E-state index contributed by atoms with van der Waals surface area (Å²) in [5, 5.41) is 0. The van der Waals surface area contributed by atoms with Gasteiger partial charge in [0.1, 0.15) is 5.75 Å². The maximum Gasteiger partial charge on any atom is 0.195 e. The molecule has 2 aromatic heterocycles. The largest absolute Gasteiger partial charge is 0.496 e. The van der Waals surface area contributed by atoms with Gasteiger partial charge in [0, 0.05) is 11.8 Å². The van der Waals surface area contributed by atoms with Gasteiger partial charge in [-0.3, -0.25) is 4.40 Å². The lowest BCUT2D eigenvalue weighted by Gasteiger charge is -2.04. The van der Waals surface area contributed by atoms with Crippen molar-refractivity contribution in [3.63, 3.8) is 0 Å². The van der Waals surface area contributed by atoms with Gasteiger partial charge in [-0.2, -0.15) is 0 Å². The Balaban J connectivity index is 0.00000132. The summed E-state index contributed by atoms with van der Waals surface area (Å²) in [6.45, 7) is 0. The standard InChI is InChI=1S/C16H12N2OS.BrH/c1-19-14-8-4-2-6-11(14)12-10-18-13-7-3-5-9-15(13)20-16(18)17-12;/h2-10H,1H3;1H. The third-order valence-electron chi connectivity index (χ3n) is 3.38. The second-order valence-electron chi connectivity index (χ2n) is 4.55. The molecule has 0 radical (unpaired) electrons. The van der Waals surface area contributed by atoms with Crippen LogP contribution in [0, 0.1) is 0 Å². The number of fused-ring (bicyclic) bond motifs is 3. The fourth-order valence-corrected chi connectivity index (χ4v) is 3.44. The van der Waals surface area contributed by atoms with E-state index in [1.807, 2.05) is 24.3 Å². The molecule has 4 rings (SSSR count).